The molecule has 0 bridgehead atoms. The Morgan fingerprint density at radius 3 is 2.03 bits per heavy atom. The first kappa shape index (κ1) is 34.3. The molecule has 3 nitrogen and oxygen atoms in total. The maximum absolute atomic E-state index is 7.21. The predicted octanol–water partition coefficient (Wildman–Crippen LogP) is 16.2. The smallest absolute Gasteiger partial charge is 0.144 e. The van der Waals surface area contributed by atoms with Crippen LogP contribution in [-0.4, -0.2) is 0 Å². The summed E-state index contributed by atoms with van der Waals surface area (Å²) in [4.78, 5) is 2.41. The highest BCUT2D eigenvalue weighted by atomic mass is 16.3. The molecule has 0 amide bonds. The topological polar surface area (TPSA) is 29.5 Å². The summed E-state index contributed by atoms with van der Waals surface area (Å²) in [5.74, 6) is 0. The molecule has 2 aliphatic rings. The summed E-state index contributed by atoms with van der Waals surface area (Å²) in [7, 11) is 0. The fraction of sp³-hybridized carbons (Fsp3) is 0.0690. The summed E-state index contributed by atoms with van der Waals surface area (Å²) < 4.78 is 13.9. The van der Waals surface area contributed by atoms with Crippen molar-refractivity contribution in [3.63, 3.8) is 0 Å². The van der Waals surface area contributed by atoms with Gasteiger partial charge in [0.05, 0.1) is 5.69 Å². The van der Waals surface area contributed by atoms with Crippen molar-refractivity contribution in [1.82, 2.24) is 0 Å². The van der Waals surface area contributed by atoms with E-state index < -0.39 is 0 Å². The third kappa shape index (κ3) is 4.98. The Morgan fingerprint density at radius 2 is 1.15 bits per heavy atom. The van der Waals surface area contributed by atoms with E-state index in [1.165, 1.54) is 61.3 Å². The summed E-state index contributed by atoms with van der Waals surface area (Å²) in [6.07, 6.45) is 0.881. The molecule has 3 heteroatoms. The zero-order chi connectivity index (χ0) is 40.4. The third-order valence-electron chi connectivity index (χ3n) is 13.5. The van der Waals surface area contributed by atoms with Crippen LogP contribution in [0.2, 0.25) is 0 Å². The van der Waals surface area contributed by atoms with E-state index in [-0.39, 0.29) is 5.41 Å². The molecular weight excluding hydrogens is 743 g/mol. The second-order valence-electron chi connectivity index (χ2n) is 17.2. The van der Waals surface area contributed by atoms with Crippen molar-refractivity contribution in [2.75, 3.05) is 4.90 Å². The van der Waals surface area contributed by atoms with Crippen LogP contribution < -0.4 is 4.90 Å². The monoisotopic (exact) mass is 781 g/mol. The Morgan fingerprint density at radius 1 is 0.443 bits per heavy atom. The highest BCUT2D eigenvalue weighted by Gasteiger charge is 2.36. The SMILES string of the molecule is CC1(C)c2ccccc2-c2ccc(-c3c4oc5cc(N(c6ccc(-c7ccccc7)cc6)c6cccc7c6Cc6ccccc6-7)ccc5c4cc4oc5ccccc5c34)cc21. The lowest BCUT2D eigenvalue weighted by Crippen LogP contribution is -2.14. The van der Waals surface area contributed by atoms with E-state index in [1.807, 2.05) is 6.07 Å². The average molecular weight is 782 g/mol. The van der Waals surface area contributed by atoms with Gasteiger partial charge in [-0.2, -0.15) is 0 Å². The number of rotatable bonds is 5. The van der Waals surface area contributed by atoms with E-state index in [2.05, 4.69) is 201 Å². The Bertz CT molecular complexity index is 3590. The Labute approximate surface area is 353 Å². The summed E-state index contributed by atoms with van der Waals surface area (Å²) in [5.41, 5.74) is 21.8. The molecule has 2 aromatic heterocycles. The lowest BCUT2D eigenvalue weighted by Gasteiger charge is -2.28. The number of furan rings is 2. The first-order chi connectivity index (χ1) is 30.0. The molecule has 0 saturated carbocycles. The number of para-hydroxylation sites is 1. The molecule has 13 rings (SSSR count). The molecule has 0 saturated heterocycles. The van der Waals surface area contributed by atoms with Gasteiger partial charge in [0.2, 0.25) is 0 Å². The van der Waals surface area contributed by atoms with Crippen LogP contribution in [0.1, 0.15) is 36.1 Å². The first-order valence-electron chi connectivity index (χ1n) is 21.2. The Kier molecular flexibility index (Phi) is 7.13. The number of hydrogen-bond donors (Lipinski definition) is 0. The fourth-order valence-electron chi connectivity index (χ4n) is 10.6. The molecule has 0 spiro atoms. The number of benzene rings is 9. The van der Waals surface area contributed by atoms with Crippen LogP contribution >= 0.6 is 0 Å². The molecule has 2 aliphatic carbocycles. The van der Waals surface area contributed by atoms with Crippen molar-refractivity contribution >= 4 is 60.9 Å². The second-order valence-corrected chi connectivity index (χ2v) is 17.2. The van der Waals surface area contributed by atoms with Gasteiger partial charge >= 0.3 is 0 Å². The minimum atomic E-state index is -0.141. The lowest BCUT2D eigenvalue weighted by molar-refractivity contribution is 0.660. The van der Waals surface area contributed by atoms with Crippen molar-refractivity contribution in [2.24, 2.45) is 0 Å². The number of nitrogens with zero attached hydrogens (tertiary/aromatic N) is 1. The minimum Gasteiger partial charge on any atom is -0.456 e. The maximum atomic E-state index is 7.21. The van der Waals surface area contributed by atoms with Gasteiger partial charge < -0.3 is 13.7 Å². The molecule has 0 N–H and O–H groups in total. The first-order valence-corrected chi connectivity index (χ1v) is 21.2. The van der Waals surface area contributed by atoms with E-state index in [9.17, 15) is 0 Å². The van der Waals surface area contributed by atoms with Gasteiger partial charge in [-0.1, -0.05) is 147 Å². The lowest BCUT2D eigenvalue weighted by atomic mass is 9.81. The van der Waals surface area contributed by atoms with E-state index in [1.54, 1.807) is 0 Å². The standard InChI is InChI=1S/C58H39NO2/c1-58(2)49-20-10-8-17-43(49)44-29-25-38(32-50(44)58)55-56-46-18-9-11-22-52(46)60-54(56)34-48-45-30-28-40(33-53(45)61-57(48)55)59(39-26-23-36(24-27-39)35-13-4-3-5-14-35)51-21-12-19-42-41-16-7-6-15-37(41)31-47(42)51/h3-30,32-34H,31H2,1-2H3. The molecule has 288 valence electrons. The van der Waals surface area contributed by atoms with Gasteiger partial charge in [0.25, 0.3) is 0 Å². The number of hydrogen-bond acceptors (Lipinski definition) is 3. The highest BCUT2D eigenvalue weighted by molar-refractivity contribution is 6.23. The molecule has 0 aliphatic heterocycles. The quantitative estimate of drug-likeness (QED) is 0.174. The summed E-state index contributed by atoms with van der Waals surface area (Å²) in [6.45, 7) is 4.69. The van der Waals surface area contributed by atoms with Crippen LogP contribution in [0.25, 0.3) is 88.4 Å². The fourth-order valence-corrected chi connectivity index (χ4v) is 10.6. The minimum absolute atomic E-state index is 0.141. The molecule has 0 fully saturated rings. The number of anilines is 3. The molecule has 0 radical (unpaired) electrons. The van der Waals surface area contributed by atoms with E-state index in [4.69, 9.17) is 8.83 Å². The molecule has 11 aromatic rings. The van der Waals surface area contributed by atoms with Crippen LogP contribution in [0.4, 0.5) is 17.1 Å². The molecule has 2 heterocycles. The van der Waals surface area contributed by atoms with E-state index >= 15 is 0 Å². The van der Waals surface area contributed by atoms with Crippen LogP contribution in [0, 0.1) is 0 Å². The van der Waals surface area contributed by atoms with Gasteiger partial charge in [0, 0.05) is 56.4 Å². The van der Waals surface area contributed by atoms with Crippen LogP contribution in [0.15, 0.2) is 197 Å². The molecule has 0 atom stereocenters. The summed E-state index contributed by atoms with van der Waals surface area (Å²) >= 11 is 0. The zero-order valence-corrected chi connectivity index (χ0v) is 33.9. The number of fused-ring (bicyclic) bond motifs is 12. The van der Waals surface area contributed by atoms with Crippen LogP contribution in [0.3, 0.4) is 0 Å². The Balaban J connectivity index is 1.03. The van der Waals surface area contributed by atoms with Crippen molar-refractivity contribution in [1.29, 1.82) is 0 Å². The van der Waals surface area contributed by atoms with E-state index in [0.717, 1.165) is 72.8 Å². The normalized spacial score (nSPS) is 13.5. The molecular formula is C58H39NO2. The molecule has 0 unspecified atom stereocenters. The van der Waals surface area contributed by atoms with Gasteiger partial charge in [0.1, 0.15) is 22.3 Å². The van der Waals surface area contributed by atoms with Gasteiger partial charge in [0.15, 0.2) is 0 Å². The largest absolute Gasteiger partial charge is 0.456 e. The summed E-state index contributed by atoms with van der Waals surface area (Å²) in [6, 6.07) is 68.2. The van der Waals surface area contributed by atoms with Gasteiger partial charge in [-0.05, 0) is 110 Å². The van der Waals surface area contributed by atoms with Crippen molar-refractivity contribution < 1.29 is 8.83 Å². The average Bonchev–Trinajstić information content (AvgIpc) is 4.04. The molecule has 61 heavy (non-hydrogen) atoms. The van der Waals surface area contributed by atoms with Crippen molar-refractivity contribution in [3.8, 4) is 44.5 Å². The third-order valence-corrected chi connectivity index (χ3v) is 13.5. The second kappa shape index (κ2) is 12.7. The Hall–Kier alpha value is -7.62. The van der Waals surface area contributed by atoms with Crippen LogP contribution in [-0.2, 0) is 11.8 Å². The predicted molar refractivity (Wildman–Crippen MR) is 252 cm³/mol. The van der Waals surface area contributed by atoms with Gasteiger partial charge in [-0.3, -0.25) is 0 Å². The van der Waals surface area contributed by atoms with Gasteiger partial charge in [-0.25, -0.2) is 0 Å². The van der Waals surface area contributed by atoms with Gasteiger partial charge in [-0.15, -0.1) is 0 Å². The van der Waals surface area contributed by atoms with Crippen molar-refractivity contribution in [3.05, 3.63) is 210 Å². The van der Waals surface area contributed by atoms with Crippen molar-refractivity contribution in [2.45, 2.75) is 25.7 Å². The zero-order valence-electron chi connectivity index (χ0n) is 33.9. The van der Waals surface area contributed by atoms with E-state index in [0.29, 0.717) is 0 Å². The maximum Gasteiger partial charge on any atom is 0.144 e. The summed E-state index contributed by atoms with van der Waals surface area (Å²) in [5, 5.41) is 4.26. The molecule has 9 aromatic carbocycles. The van der Waals surface area contributed by atoms with Crippen LogP contribution in [0.5, 0.6) is 0 Å². The highest BCUT2D eigenvalue weighted by Crippen LogP contribution is 2.52.